The van der Waals surface area contributed by atoms with E-state index in [9.17, 15) is 0 Å². The van der Waals surface area contributed by atoms with Crippen LogP contribution in [0.5, 0.6) is 0 Å². The molecule has 136 valence electrons. The smallest absolute Gasteiger partial charge is 0.191 e. The molecule has 0 saturated heterocycles. The Hall–Kier alpha value is -2.30. The molecule has 0 spiro atoms. The Kier molecular flexibility index (Phi) is 6.62. The van der Waals surface area contributed by atoms with Crippen LogP contribution in [0.15, 0.2) is 29.3 Å². The number of benzene rings is 1. The van der Waals surface area contributed by atoms with Gasteiger partial charge < -0.3 is 10.6 Å². The molecule has 2 rings (SSSR count). The highest BCUT2D eigenvalue weighted by Gasteiger charge is 2.10. The van der Waals surface area contributed by atoms with E-state index in [-0.39, 0.29) is 0 Å². The molecule has 0 saturated carbocycles. The summed E-state index contributed by atoms with van der Waals surface area (Å²) < 4.78 is 1.95. The molecule has 2 aromatic rings. The third kappa shape index (κ3) is 5.08. The predicted molar refractivity (Wildman–Crippen MR) is 105 cm³/mol. The molecule has 2 N–H and O–H groups in total. The van der Waals surface area contributed by atoms with Crippen molar-refractivity contribution < 1.29 is 0 Å². The molecule has 0 radical (unpaired) electrons. The maximum Gasteiger partial charge on any atom is 0.191 e. The number of guanidine groups is 1. The number of aryl methyl sites for hydroxylation is 3. The zero-order chi connectivity index (χ0) is 18.4. The van der Waals surface area contributed by atoms with Crippen LogP contribution < -0.4 is 10.6 Å². The first-order chi connectivity index (χ1) is 11.9. The lowest BCUT2D eigenvalue weighted by atomic mass is 10.0. The van der Waals surface area contributed by atoms with Crippen molar-refractivity contribution >= 4 is 5.96 Å². The van der Waals surface area contributed by atoms with Crippen LogP contribution in [-0.2, 0) is 13.5 Å². The summed E-state index contributed by atoms with van der Waals surface area (Å²) >= 11 is 0. The molecule has 0 aliphatic rings. The van der Waals surface area contributed by atoms with Crippen molar-refractivity contribution in [3.63, 3.8) is 0 Å². The molecule has 5 heteroatoms. The maximum atomic E-state index is 4.47. The van der Waals surface area contributed by atoms with E-state index in [4.69, 9.17) is 0 Å². The average Bonchev–Trinajstić information content (AvgIpc) is 2.84. The lowest BCUT2D eigenvalue weighted by Crippen LogP contribution is -2.40. The van der Waals surface area contributed by atoms with Gasteiger partial charge in [-0.1, -0.05) is 36.8 Å². The summed E-state index contributed by atoms with van der Waals surface area (Å²) in [6.07, 6.45) is 0.944. The third-order valence-electron chi connectivity index (χ3n) is 4.77. The minimum atomic E-state index is 0.432. The van der Waals surface area contributed by atoms with Gasteiger partial charge in [0.15, 0.2) is 5.96 Å². The summed E-state index contributed by atoms with van der Waals surface area (Å²) in [5.41, 5.74) is 6.30. The number of nitrogens with one attached hydrogen (secondary N) is 2. The maximum absolute atomic E-state index is 4.47. The zero-order valence-corrected chi connectivity index (χ0v) is 16.3. The Bertz CT molecular complexity index is 712. The second-order valence-electron chi connectivity index (χ2n) is 6.71. The van der Waals surface area contributed by atoms with Crippen molar-refractivity contribution in [2.24, 2.45) is 12.0 Å². The van der Waals surface area contributed by atoms with Gasteiger partial charge in [-0.3, -0.25) is 9.67 Å². The van der Waals surface area contributed by atoms with E-state index in [2.05, 4.69) is 72.7 Å². The van der Waals surface area contributed by atoms with Crippen molar-refractivity contribution in [3.8, 4) is 0 Å². The van der Waals surface area contributed by atoms with E-state index < -0.39 is 0 Å². The average molecular weight is 342 g/mol. The molecule has 0 bridgehead atoms. The van der Waals surface area contributed by atoms with Crippen LogP contribution in [0.3, 0.4) is 0 Å². The van der Waals surface area contributed by atoms with Gasteiger partial charge in [-0.2, -0.15) is 5.10 Å². The Morgan fingerprint density at radius 2 is 1.84 bits per heavy atom. The highest BCUT2D eigenvalue weighted by molar-refractivity contribution is 5.79. The van der Waals surface area contributed by atoms with Gasteiger partial charge in [0.1, 0.15) is 0 Å². The Morgan fingerprint density at radius 3 is 2.40 bits per heavy atom. The van der Waals surface area contributed by atoms with Crippen LogP contribution >= 0.6 is 0 Å². The van der Waals surface area contributed by atoms with Crippen LogP contribution in [0.25, 0.3) is 0 Å². The van der Waals surface area contributed by atoms with Gasteiger partial charge in [-0.25, -0.2) is 0 Å². The normalized spacial score (nSPS) is 13.0. The van der Waals surface area contributed by atoms with Gasteiger partial charge >= 0.3 is 0 Å². The quantitative estimate of drug-likeness (QED) is 0.627. The summed E-state index contributed by atoms with van der Waals surface area (Å²) in [6.45, 7) is 10.2. The van der Waals surface area contributed by atoms with Gasteiger partial charge in [0, 0.05) is 32.9 Å². The second-order valence-corrected chi connectivity index (χ2v) is 6.71. The van der Waals surface area contributed by atoms with Gasteiger partial charge in [0.25, 0.3) is 0 Å². The van der Waals surface area contributed by atoms with Crippen molar-refractivity contribution in [1.82, 2.24) is 20.4 Å². The lowest BCUT2D eigenvalue weighted by molar-refractivity contribution is 0.696. The fourth-order valence-electron chi connectivity index (χ4n) is 2.97. The van der Waals surface area contributed by atoms with E-state index in [1.165, 1.54) is 22.4 Å². The summed E-state index contributed by atoms with van der Waals surface area (Å²) in [7, 11) is 3.80. The summed E-state index contributed by atoms with van der Waals surface area (Å²) in [5, 5.41) is 11.3. The Morgan fingerprint density at radius 1 is 1.16 bits per heavy atom. The fourth-order valence-corrected chi connectivity index (χ4v) is 2.97. The van der Waals surface area contributed by atoms with E-state index in [1.54, 1.807) is 0 Å². The first-order valence-corrected chi connectivity index (χ1v) is 8.92. The molecule has 1 atom stereocenters. The van der Waals surface area contributed by atoms with E-state index in [1.807, 2.05) is 18.8 Å². The van der Waals surface area contributed by atoms with Gasteiger partial charge in [-0.15, -0.1) is 0 Å². The molecule has 1 heterocycles. The zero-order valence-electron chi connectivity index (χ0n) is 16.3. The second kappa shape index (κ2) is 8.70. The third-order valence-corrected chi connectivity index (χ3v) is 4.77. The fraction of sp³-hybridized carbons (Fsp3) is 0.500. The van der Waals surface area contributed by atoms with Crippen LogP contribution in [0.1, 0.15) is 40.9 Å². The Balaban J connectivity index is 1.81. The van der Waals surface area contributed by atoms with Crippen LogP contribution in [0.2, 0.25) is 0 Å². The van der Waals surface area contributed by atoms with Crippen LogP contribution in [-0.4, -0.2) is 35.9 Å². The minimum Gasteiger partial charge on any atom is -0.356 e. The molecule has 25 heavy (non-hydrogen) atoms. The highest BCUT2D eigenvalue weighted by Crippen LogP contribution is 2.15. The van der Waals surface area contributed by atoms with Crippen LogP contribution in [0, 0.1) is 20.8 Å². The lowest BCUT2D eigenvalue weighted by Gasteiger charge is -2.16. The number of aliphatic imine (C=N–C) groups is 1. The molecular formula is C20H31N5. The molecule has 0 amide bonds. The summed E-state index contributed by atoms with van der Waals surface area (Å²) in [4.78, 5) is 4.32. The standard InChI is InChI=1S/C20H31N5/c1-14-7-9-18(10-8-14)15(2)13-23-20(21-5)22-12-11-19-16(3)24-25(6)17(19)4/h7-10,15H,11-13H2,1-6H3,(H2,21,22,23). The van der Waals surface area contributed by atoms with Crippen LogP contribution in [0.4, 0.5) is 0 Å². The van der Waals surface area contributed by atoms with Gasteiger partial charge in [0.2, 0.25) is 0 Å². The first kappa shape index (κ1) is 19.0. The molecule has 0 aliphatic heterocycles. The van der Waals surface area contributed by atoms with E-state index >= 15 is 0 Å². The first-order valence-electron chi connectivity index (χ1n) is 8.92. The monoisotopic (exact) mass is 341 g/mol. The topological polar surface area (TPSA) is 54.2 Å². The largest absolute Gasteiger partial charge is 0.356 e. The number of nitrogens with zero attached hydrogens (tertiary/aromatic N) is 3. The van der Waals surface area contributed by atoms with E-state index in [0.717, 1.165) is 31.2 Å². The number of hydrogen-bond donors (Lipinski definition) is 2. The van der Waals surface area contributed by atoms with Crippen molar-refractivity contribution in [3.05, 3.63) is 52.3 Å². The summed E-state index contributed by atoms with van der Waals surface area (Å²) in [5.74, 6) is 1.28. The van der Waals surface area contributed by atoms with Gasteiger partial charge in [0.05, 0.1) is 5.69 Å². The number of aromatic nitrogens is 2. The van der Waals surface area contributed by atoms with Crippen molar-refractivity contribution in [2.45, 2.75) is 40.0 Å². The summed E-state index contributed by atoms with van der Waals surface area (Å²) in [6, 6.07) is 8.73. The molecule has 1 unspecified atom stereocenters. The Labute approximate surface area is 151 Å². The molecule has 1 aromatic heterocycles. The molecule has 0 aliphatic carbocycles. The molecule has 0 fully saturated rings. The van der Waals surface area contributed by atoms with E-state index in [0.29, 0.717) is 5.92 Å². The van der Waals surface area contributed by atoms with Gasteiger partial charge in [-0.05, 0) is 44.2 Å². The van der Waals surface area contributed by atoms with Crippen molar-refractivity contribution in [1.29, 1.82) is 0 Å². The SMILES string of the molecule is CN=C(NCCc1c(C)nn(C)c1C)NCC(C)c1ccc(C)cc1. The molecular weight excluding hydrogens is 310 g/mol. The number of hydrogen-bond acceptors (Lipinski definition) is 2. The van der Waals surface area contributed by atoms with Crippen molar-refractivity contribution in [2.75, 3.05) is 20.1 Å². The predicted octanol–water partition coefficient (Wildman–Crippen LogP) is 2.86. The molecule has 5 nitrogen and oxygen atoms in total. The molecule has 1 aromatic carbocycles. The highest BCUT2D eigenvalue weighted by atomic mass is 15.3. The number of rotatable bonds is 6. The minimum absolute atomic E-state index is 0.432.